The molecule has 12 N–H and O–H groups in total. The Hall–Kier alpha value is -2.49. The highest BCUT2D eigenvalue weighted by Crippen LogP contribution is 2.35. The van der Waals surface area contributed by atoms with Crippen molar-refractivity contribution in [1.29, 1.82) is 0 Å². The molecule has 5 aliphatic heterocycles. The average Bonchev–Trinajstić information content (AvgIpc) is 3.76. The SMILES string of the molecule is CC(=O)N[C@@H]1[C@@H](OC(=O)CCCCCNC(=O)CCCC[C@@H]2SC[C@@H]3NC(=O)N[C@@H]32)O[C@H](CO)[C@H](O[C@@H]2O[C@@H](C)[C@@H](O)[C@@H](O)[C@@H]2O)[C@@H]1O[C@@H]1O[C@H](CO)[C@H](O)[C@H](O)[C@H]1O. The molecule has 0 spiro atoms. The number of nitrogens with one attached hydrogen (secondary N) is 4. The van der Waals surface area contributed by atoms with E-state index in [4.69, 9.17) is 28.4 Å². The maximum Gasteiger partial charge on any atom is 0.315 e. The van der Waals surface area contributed by atoms with Crippen LogP contribution < -0.4 is 21.3 Å². The molecule has 5 aliphatic rings. The summed E-state index contributed by atoms with van der Waals surface area (Å²) in [7, 11) is 0. The van der Waals surface area contributed by atoms with Gasteiger partial charge in [-0.1, -0.05) is 12.8 Å². The van der Waals surface area contributed by atoms with Crippen LogP contribution in [0.5, 0.6) is 0 Å². The van der Waals surface area contributed by atoms with E-state index in [1.54, 1.807) is 0 Å². The molecular formula is C36H60N4O18S. The molecule has 23 heteroatoms. The number of hydrogen-bond acceptors (Lipinski definition) is 19. The minimum absolute atomic E-state index is 0.0790. The van der Waals surface area contributed by atoms with Gasteiger partial charge in [-0.2, -0.15) is 11.8 Å². The summed E-state index contributed by atoms with van der Waals surface area (Å²) in [5.74, 6) is -0.655. The molecule has 0 bridgehead atoms. The van der Waals surface area contributed by atoms with Crippen molar-refractivity contribution in [2.24, 2.45) is 0 Å². The lowest BCUT2D eigenvalue weighted by Gasteiger charge is -2.49. The first-order valence-electron chi connectivity index (χ1n) is 20.1. The number of amides is 4. The Morgan fingerprint density at radius 2 is 1.41 bits per heavy atom. The minimum Gasteiger partial charge on any atom is -0.433 e. The van der Waals surface area contributed by atoms with Gasteiger partial charge in [-0.25, -0.2) is 4.79 Å². The highest BCUT2D eigenvalue weighted by Gasteiger charge is 2.55. The molecule has 338 valence electrons. The normalized spacial score (nSPS) is 40.7. The lowest BCUT2D eigenvalue weighted by atomic mass is 9.94. The Balaban J connectivity index is 1.15. The molecule has 4 amide bonds. The van der Waals surface area contributed by atoms with Gasteiger partial charge in [0.1, 0.15) is 67.1 Å². The molecule has 0 saturated carbocycles. The van der Waals surface area contributed by atoms with Crippen LogP contribution in [0.25, 0.3) is 0 Å². The molecule has 0 aliphatic carbocycles. The zero-order valence-corrected chi connectivity index (χ0v) is 33.8. The predicted octanol–water partition coefficient (Wildman–Crippen LogP) is -4.45. The molecule has 22 nitrogen and oxygen atoms in total. The van der Waals surface area contributed by atoms with E-state index in [9.17, 15) is 60.0 Å². The van der Waals surface area contributed by atoms with E-state index in [0.29, 0.717) is 37.5 Å². The van der Waals surface area contributed by atoms with Crippen LogP contribution in [0.1, 0.15) is 65.2 Å². The van der Waals surface area contributed by atoms with Crippen LogP contribution in [0.3, 0.4) is 0 Å². The number of ether oxygens (including phenoxy) is 6. The van der Waals surface area contributed by atoms with Gasteiger partial charge in [-0.3, -0.25) is 14.4 Å². The molecule has 5 fully saturated rings. The van der Waals surface area contributed by atoms with Gasteiger partial charge in [-0.15, -0.1) is 0 Å². The summed E-state index contributed by atoms with van der Waals surface area (Å²) in [5, 5.41) is 94.7. The second-order valence-electron chi connectivity index (χ2n) is 15.5. The second-order valence-corrected chi connectivity index (χ2v) is 16.8. The molecule has 0 unspecified atom stereocenters. The van der Waals surface area contributed by atoms with Crippen molar-refractivity contribution >= 4 is 35.6 Å². The number of fused-ring (bicyclic) bond motifs is 1. The number of urea groups is 1. The fraction of sp³-hybridized carbons (Fsp3) is 0.889. The molecule has 0 radical (unpaired) electrons. The number of esters is 1. The Labute approximate surface area is 344 Å². The molecule has 5 heterocycles. The summed E-state index contributed by atoms with van der Waals surface area (Å²) in [6, 6.07) is -1.33. The summed E-state index contributed by atoms with van der Waals surface area (Å²) >= 11 is 1.83. The fourth-order valence-corrected chi connectivity index (χ4v) is 9.37. The van der Waals surface area contributed by atoms with E-state index >= 15 is 0 Å². The molecule has 0 aromatic rings. The molecule has 18 atom stereocenters. The Kier molecular flexibility index (Phi) is 17.8. The maximum absolute atomic E-state index is 13.1. The van der Waals surface area contributed by atoms with Crippen LogP contribution in [0.2, 0.25) is 0 Å². The minimum atomic E-state index is -1.94. The fourth-order valence-electron chi connectivity index (χ4n) is 7.83. The topological polar surface area (TPSA) is 334 Å². The number of aliphatic hydroxyl groups is 8. The summed E-state index contributed by atoms with van der Waals surface area (Å²) in [5.41, 5.74) is 0. The van der Waals surface area contributed by atoms with Gasteiger partial charge in [0.15, 0.2) is 12.6 Å². The van der Waals surface area contributed by atoms with E-state index in [1.165, 1.54) is 6.92 Å². The lowest BCUT2D eigenvalue weighted by Crippen LogP contribution is -2.70. The third-order valence-electron chi connectivity index (χ3n) is 11.1. The average molecular weight is 869 g/mol. The highest BCUT2D eigenvalue weighted by molar-refractivity contribution is 8.00. The standard InChI is InChI=1S/C36H60N4O18S/c1-15-25(46)27(48)29(50)34(53-15)57-31-19(13-42)55-33(24(38-16(2)43)32(31)58-35-30(51)28(49)26(47)18(12-41)54-35)56-22(45)10-4-3-7-11-37-21(44)9-6-5-8-20-23-17(14-59-20)39-36(52)40-23/h15,17-20,23-35,41-42,46-51H,3-14H2,1-2H3,(H,37,44)(H,38,43)(H2,39,40,52)/t15-,17-,18+,19+,20-,23-,24-,25+,26-,27+,28-,29-,30+,31-,32+,33+,34-,35-/m0/s1. The Morgan fingerprint density at radius 3 is 2.10 bits per heavy atom. The largest absolute Gasteiger partial charge is 0.433 e. The third kappa shape index (κ3) is 12.1. The third-order valence-corrected chi connectivity index (χ3v) is 12.7. The zero-order chi connectivity index (χ0) is 43.0. The van der Waals surface area contributed by atoms with Gasteiger partial charge in [0.25, 0.3) is 0 Å². The van der Waals surface area contributed by atoms with E-state index in [-0.39, 0.29) is 30.4 Å². The first-order valence-corrected chi connectivity index (χ1v) is 21.2. The first kappa shape index (κ1) is 47.6. The molecule has 0 aromatic carbocycles. The van der Waals surface area contributed by atoms with E-state index < -0.39 is 117 Å². The number of thioether (sulfide) groups is 1. The first-order chi connectivity index (χ1) is 28.1. The van der Waals surface area contributed by atoms with Crippen molar-refractivity contribution < 1.29 is 88.5 Å². The van der Waals surface area contributed by atoms with Crippen molar-refractivity contribution in [1.82, 2.24) is 21.3 Å². The molecule has 0 aromatic heterocycles. The van der Waals surface area contributed by atoms with Crippen LogP contribution in [0.4, 0.5) is 4.79 Å². The highest BCUT2D eigenvalue weighted by atomic mass is 32.2. The van der Waals surface area contributed by atoms with Crippen LogP contribution >= 0.6 is 11.8 Å². The molecular weight excluding hydrogens is 808 g/mol. The van der Waals surface area contributed by atoms with Gasteiger partial charge in [0.05, 0.1) is 31.4 Å². The van der Waals surface area contributed by atoms with Gasteiger partial charge >= 0.3 is 12.0 Å². The van der Waals surface area contributed by atoms with Crippen molar-refractivity contribution in [3.8, 4) is 0 Å². The number of hydrogen-bond donors (Lipinski definition) is 12. The van der Waals surface area contributed by atoms with Gasteiger partial charge < -0.3 is 90.5 Å². The molecule has 59 heavy (non-hydrogen) atoms. The van der Waals surface area contributed by atoms with Gasteiger partial charge in [0.2, 0.25) is 18.1 Å². The van der Waals surface area contributed by atoms with Gasteiger partial charge in [-0.05, 0) is 32.6 Å². The number of aliphatic hydroxyl groups excluding tert-OH is 8. The Morgan fingerprint density at radius 1 is 0.763 bits per heavy atom. The number of carbonyl (C=O) groups is 4. The van der Waals surface area contributed by atoms with Crippen LogP contribution in [0.15, 0.2) is 0 Å². The van der Waals surface area contributed by atoms with Gasteiger partial charge in [0, 0.05) is 37.3 Å². The molecule has 5 saturated heterocycles. The lowest BCUT2D eigenvalue weighted by molar-refractivity contribution is -0.370. The summed E-state index contributed by atoms with van der Waals surface area (Å²) < 4.78 is 34.7. The van der Waals surface area contributed by atoms with Crippen molar-refractivity contribution in [2.45, 2.75) is 175 Å². The number of carbonyl (C=O) groups excluding carboxylic acids is 4. The second kappa shape index (κ2) is 22.0. The van der Waals surface area contributed by atoms with Crippen LogP contribution in [0, 0.1) is 0 Å². The molecule has 5 rings (SSSR count). The number of unbranched alkanes of at least 4 members (excludes halogenated alkanes) is 3. The quantitative estimate of drug-likeness (QED) is 0.0331. The predicted molar refractivity (Wildman–Crippen MR) is 201 cm³/mol. The summed E-state index contributed by atoms with van der Waals surface area (Å²) in [4.78, 5) is 49.6. The smallest absolute Gasteiger partial charge is 0.315 e. The van der Waals surface area contributed by atoms with Crippen molar-refractivity contribution in [3.63, 3.8) is 0 Å². The van der Waals surface area contributed by atoms with Crippen LogP contribution in [-0.2, 0) is 42.8 Å². The van der Waals surface area contributed by atoms with Crippen molar-refractivity contribution in [2.75, 3.05) is 25.5 Å². The summed E-state index contributed by atoms with van der Waals surface area (Å²) in [6.45, 7) is 1.28. The van der Waals surface area contributed by atoms with E-state index in [2.05, 4.69) is 21.3 Å². The van der Waals surface area contributed by atoms with E-state index in [1.807, 2.05) is 11.8 Å². The van der Waals surface area contributed by atoms with Crippen molar-refractivity contribution in [3.05, 3.63) is 0 Å². The number of rotatable bonds is 19. The monoisotopic (exact) mass is 868 g/mol. The summed E-state index contributed by atoms with van der Waals surface area (Å²) in [6.07, 6.45) is -18.7. The van der Waals surface area contributed by atoms with E-state index in [0.717, 1.165) is 31.9 Å². The maximum atomic E-state index is 13.1. The Bertz CT molecular complexity index is 1400. The van der Waals surface area contributed by atoms with Crippen LogP contribution in [-0.4, -0.2) is 200 Å². The zero-order valence-electron chi connectivity index (χ0n) is 32.9.